The molecule has 0 N–H and O–H groups in total. The lowest BCUT2D eigenvalue weighted by Gasteiger charge is -2.13. The number of carbonyl (C=O) groups excluding carboxylic acids is 2. The summed E-state index contributed by atoms with van der Waals surface area (Å²) in [6.07, 6.45) is 0. The lowest BCUT2D eigenvalue weighted by Crippen LogP contribution is -2.12. The molecule has 27 heavy (non-hydrogen) atoms. The van der Waals surface area contributed by atoms with Crippen LogP contribution in [0.2, 0.25) is 0 Å². The number of carbonyl (C=O) groups is 2. The van der Waals surface area contributed by atoms with Crippen LogP contribution in [0.5, 0.6) is 0 Å². The van der Waals surface area contributed by atoms with E-state index >= 15 is 0 Å². The smallest absolute Gasteiger partial charge is 0.395 e. The summed E-state index contributed by atoms with van der Waals surface area (Å²) in [5.74, 6) is -1.52. The first-order valence-corrected chi connectivity index (χ1v) is 8.01. The largest absolute Gasteiger partial charge is 0.433 e. The minimum Gasteiger partial charge on any atom is -0.395 e. The lowest BCUT2D eigenvalue weighted by atomic mass is 9.87. The molecule has 0 atom stereocenters. The van der Waals surface area contributed by atoms with Gasteiger partial charge in [0.05, 0.1) is 11.6 Å². The molecule has 0 saturated carbocycles. The van der Waals surface area contributed by atoms with Gasteiger partial charge < -0.3 is 4.42 Å². The van der Waals surface area contributed by atoms with Gasteiger partial charge in [-0.15, -0.1) is 0 Å². The zero-order chi connectivity index (χ0) is 18.7. The highest BCUT2D eigenvalue weighted by Gasteiger charge is 2.30. The van der Waals surface area contributed by atoms with E-state index in [1.54, 1.807) is 42.5 Å². The van der Waals surface area contributed by atoms with Gasteiger partial charge in [0, 0.05) is 22.1 Å². The van der Waals surface area contributed by atoms with Gasteiger partial charge in [0.2, 0.25) is 5.76 Å². The predicted molar refractivity (Wildman–Crippen MR) is 93.7 cm³/mol. The van der Waals surface area contributed by atoms with E-state index in [4.69, 9.17) is 4.42 Å². The van der Waals surface area contributed by atoms with Crippen LogP contribution < -0.4 is 0 Å². The van der Waals surface area contributed by atoms with Crippen molar-refractivity contribution in [3.8, 4) is 11.3 Å². The minimum atomic E-state index is -0.718. The lowest BCUT2D eigenvalue weighted by molar-refractivity contribution is -0.402. The Kier molecular flexibility index (Phi) is 2.94. The maximum Gasteiger partial charge on any atom is 0.433 e. The number of furan rings is 1. The second-order valence-electron chi connectivity index (χ2n) is 6.03. The number of ketones is 1. The molecule has 0 bridgehead atoms. The summed E-state index contributed by atoms with van der Waals surface area (Å²) in [5.41, 5.74) is 2.58. The fraction of sp³-hybridized carbons (Fsp3) is 0. The van der Waals surface area contributed by atoms with Gasteiger partial charge >= 0.3 is 11.8 Å². The fourth-order valence-corrected chi connectivity index (χ4v) is 3.38. The molecular weight excluding hydrogens is 350 g/mol. The van der Waals surface area contributed by atoms with Crippen LogP contribution in [0.25, 0.3) is 22.2 Å². The van der Waals surface area contributed by atoms with Gasteiger partial charge in [0.25, 0.3) is 0 Å². The highest BCUT2D eigenvalue weighted by molar-refractivity contribution is 6.25. The summed E-state index contributed by atoms with van der Waals surface area (Å²) < 4.78 is 6.13. The van der Waals surface area contributed by atoms with Crippen LogP contribution in [0.4, 0.5) is 5.88 Å². The van der Waals surface area contributed by atoms with Crippen molar-refractivity contribution in [1.82, 2.24) is 9.78 Å². The molecule has 2 heterocycles. The van der Waals surface area contributed by atoms with Crippen LogP contribution in [0, 0.1) is 10.1 Å². The summed E-state index contributed by atoms with van der Waals surface area (Å²) >= 11 is 0. The number of nitro groups is 1. The Morgan fingerprint density at radius 3 is 2.48 bits per heavy atom. The third-order valence-corrected chi connectivity index (χ3v) is 4.55. The molecule has 2 aromatic carbocycles. The van der Waals surface area contributed by atoms with Crippen LogP contribution in [-0.2, 0) is 0 Å². The zero-order valence-corrected chi connectivity index (χ0v) is 13.6. The number of hydrogen-bond acceptors (Lipinski definition) is 6. The van der Waals surface area contributed by atoms with Crippen LogP contribution in [0.3, 0.4) is 0 Å². The molecule has 1 aliphatic rings. The first-order chi connectivity index (χ1) is 13.1. The molecular formula is C19H9N3O5. The maximum absolute atomic E-state index is 12.8. The Morgan fingerprint density at radius 1 is 1.00 bits per heavy atom. The van der Waals surface area contributed by atoms with Gasteiger partial charge in [0.1, 0.15) is 10.6 Å². The molecule has 0 unspecified atom stereocenters. The summed E-state index contributed by atoms with van der Waals surface area (Å²) in [6.45, 7) is 0. The number of nitrogens with zero attached hydrogens (tertiary/aromatic N) is 3. The topological polar surface area (TPSA) is 108 Å². The van der Waals surface area contributed by atoms with Crippen molar-refractivity contribution in [3.05, 3.63) is 81.6 Å². The van der Waals surface area contributed by atoms with Crippen LogP contribution in [-0.4, -0.2) is 26.4 Å². The van der Waals surface area contributed by atoms with E-state index in [2.05, 4.69) is 5.10 Å². The standard InChI is InChI=1S/C19H9N3O5/c23-18-11-5-2-1-4-10(11)17-16-12(18)6-3-7-13(16)21(20-17)19(24)14-8-9-15(27-14)22(25)26/h1-9H. The van der Waals surface area contributed by atoms with Gasteiger partial charge in [-0.1, -0.05) is 36.4 Å². The average molecular weight is 359 g/mol. The SMILES string of the molecule is O=C1c2ccccc2-c2nn(C(=O)c3ccc([N+](=O)[O-])o3)c3cccc1c23. The summed E-state index contributed by atoms with van der Waals surface area (Å²) in [6, 6.07) is 14.4. The predicted octanol–water partition coefficient (Wildman–Crippen LogP) is 3.44. The molecule has 8 nitrogen and oxygen atoms in total. The first kappa shape index (κ1) is 15.2. The van der Waals surface area contributed by atoms with Crippen LogP contribution in [0.15, 0.2) is 59.0 Å². The van der Waals surface area contributed by atoms with Crippen molar-refractivity contribution >= 4 is 28.5 Å². The molecule has 0 radical (unpaired) electrons. The van der Waals surface area contributed by atoms with E-state index in [0.717, 1.165) is 10.7 Å². The molecule has 4 aromatic rings. The Hall–Kier alpha value is -4.07. The number of benzene rings is 2. The maximum atomic E-state index is 12.8. The normalized spacial score (nSPS) is 12.2. The van der Waals surface area contributed by atoms with E-state index in [-0.39, 0.29) is 11.5 Å². The second-order valence-corrected chi connectivity index (χ2v) is 6.03. The van der Waals surface area contributed by atoms with Crippen LogP contribution >= 0.6 is 0 Å². The molecule has 2 aromatic heterocycles. The van der Waals surface area contributed by atoms with E-state index in [0.29, 0.717) is 33.3 Å². The van der Waals surface area contributed by atoms with Gasteiger partial charge in [-0.2, -0.15) is 9.78 Å². The van der Waals surface area contributed by atoms with E-state index in [1.807, 2.05) is 0 Å². The quantitative estimate of drug-likeness (QED) is 0.353. The van der Waals surface area contributed by atoms with E-state index < -0.39 is 16.7 Å². The van der Waals surface area contributed by atoms with Crippen LogP contribution in [0.1, 0.15) is 26.5 Å². The summed E-state index contributed by atoms with van der Waals surface area (Å²) in [4.78, 5) is 35.7. The molecule has 0 saturated heterocycles. The number of aromatic nitrogens is 2. The molecule has 1 aliphatic carbocycles. The van der Waals surface area contributed by atoms with Gasteiger partial charge in [-0.3, -0.25) is 19.7 Å². The van der Waals surface area contributed by atoms with E-state index in [1.165, 1.54) is 6.07 Å². The highest BCUT2D eigenvalue weighted by Crippen LogP contribution is 2.38. The molecule has 8 heteroatoms. The van der Waals surface area contributed by atoms with Crippen molar-refractivity contribution in [2.75, 3.05) is 0 Å². The van der Waals surface area contributed by atoms with Crippen molar-refractivity contribution in [2.45, 2.75) is 0 Å². The Bertz CT molecular complexity index is 1300. The van der Waals surface area contributed by atoms with Crippen molar-refractivity contribution in [1.29, 1.82) is 0 Å². The fourth-order valence-electron chi connectivity index (χ4n) is 3.38. The molecule has 0 fully saturated rings. The average Bonchev–Trinajstić information content (AvgIpc) is 3.32. The molecule has 0 aliphatic heterocycles. The number of hydrogen-bond donors (Lipinski definition) is 0. The minimum absolute atomic E-state index is 0.135. The Labute approximate surface area is 150 Å². The van der Waals surface area contributed by atoms with Crippen molar-refractivity contribution in [3.63, 3.8) is 0 Å². The summed E-state index contributed by atoms with van der Waals surface area (Å²) in [5, 5.41) is 15.8. The molecule has 0 amide bonds. The molecule has 0 spiro atoms. The van der Waals surface area contributed by atoms with Crippen molar-refractivity contribution < 1.29 is 18.9 Å². The first-order valence-electron chi connectivity index (χ1n) is 8.01. The monoisotopic (exact) mass is 359 g/mol. The molecule has 5 rings (SSSR count). The third-order valence-electron chi connectivity index (χ3n) is 4.55. The van der Waals surface area contributed by atoms with E-state index in [9.17, 15) is 19.7 Å². The second kappa shape index (κ2) is 5.21. The molecule has 130 valence electrons. The number of fused-ring (bicyclic) bond motifs is 2. The third kappa shape index (κ3) is 2.00. The van der Waals surface area contributed by atoms with Gasteiger partial charge in [-0.05, 0) is 12.1 Å². The zero-order valence-electron chi connectivity index (χ0n) is 13.6. The number of rotatable bonds is 2. The van der Waals surface area contributed by atoms with Gasteiger partial charge in [0.15, 0.2) is 5.78 Å². The van der Waals surface area contributed by atoms with Crippen molar-refractivity contribution in [2.24, 2.45) is 0 Å². The Morgan fingerprint density at radius 2 is 1.74 bits per heavy atom. The summed E-state index contributed by atoms with van der Waals surface area (Å²) in [7, 11) is 0. The highest BCUT2D eigenvalue weighted by atomic mass is 16.6. The van der Waals surface area contributed by atoms with Gasteiger partial charge in [-0.25, -0.2) is 0 Å². The Balaban J connectivity index is 1.77.